The number of hydrogen-bond donors (Lipinski definition) is 2. The first-order valence-corrected chi connectivity index (χ1v) is 2.49. The van der Waals surface area contributed by atoms with E-state index in [9.17, 15) is 0 Å². The number of nitrogens with two attached hydrogens (primary N) is 1. The quantitative estimate of drug-likeness (QED) is 0.436. The minimum atomic E-state index is 0.0896. The number of rotatable bonds is 2. The van der Waals surface area contributed by atoms with E-state index in [0.717, 1.165) is 0 Å². The van der Waals surface area contributed by atoms with E-state index in [1.807, 2.05) is 0 Å². The van der Waals surface area contributed by atoms with Gasteiger partial charge in [-0.15, -0.1) is 0 Å². The van der Waals surface area contributed by atoms with Gasteiger partial charge in [-0.3, -0.25) is 5.41 Å². The summed E-state index contributed by atoms with van der Waals surface area (Å²) in [4.78, 5) is 3.66. The van der Waals surface area contributed by atoms with E-state index >= 15 is 0 Å². The lowest BCUT2D eigenvalue weighted by molar-refractivity contribution is 0.519. The van der Waals surface area contributed by atoms with Crippen molar-refractivity contribution in [1.29, 1.82) is 5.41 Å². The van der Waals surface area contributed by atoms with Crippen LogP contribution in [0.5, 0.6) is 0 Å². The zero-order chi connectivity index (χ0) is 6.69. The van der Waals surface area contributed by atoms with E-state index in [-0.39, 0.29) is 5.84 Å². The molecule has 0 aliphatic carbocycles. The Labute approximate surface area is 52.2 Å². The lowest BCUT2D eigenvalue weighted by atomic mass is 10.3. The molecule has 9 heavy (non-hydrogen) atoms. The molecule has 1 aromatic rings. The molecule has 0 spiro atoms. The second kappa shape index (κ2) is 2.30. The maximum Gasteiger partial charge on any atom is 0.180 e. The van der Waals surface area contributed by atoms with Crippen molar-refractivity contribution in [1.82, 2.24) is 4.98 Å². The van der Waals surface area contributed by atoms with Gasteiger partial charge in [-0.25, -0.2) is 4.98 Å². The molecule has 0 bridgehead atoms. The monoisotopic (exact) mass is 125 g/mol. The van der Waals surface area contributed by atoms with Crippen LogP contribution < -0.4 is 5.73 Å². The van der Waals surface area contributed by atoms with E-state index in [4.69, 9.17) is 15.6 Å². The number of oxazole rings is 1. The third-order valence-electron chi connectivity index (χ3n) is 0.848. The van der Waals surface area contributed by atoms with Crippen molar-refractivity contribution in [3.63, 3.8) is 0 Å². The third kappa shape index (κ3) is 1.56. The zero-order valence-corrected chi connectivity index (χ0v) is 4.79. The maximum absolute atomic E-state index is 6.86. The summed E-state index contributed by atoms with van der Waals surface area (Å²) in [6.07, 6.45) is 3.21. The topological polar surface area (TPSA) is 75.9 Å². The molecule has 1 aromatic heterocycles. The number of nitrogens with one attached hydrogen (secondary N) is 1. The second-order valence-electron chi connectivity index (χ2n) is 1.67. The molecule has 4 heteroatoms. The molecule has 0 fully saturated rings. The molecule has 1 heterocycles. The first-order chi connectivity index (χ1) is 4.29. The van der Waals surface area contributed by atoms with Crippen LogP contribution in [-0.4, -0.2) is 10.8 Å². The van der Waals surface area contributed by atoms with E-state index < -0.39 is 0 Å². The minimum Gasteiger partial charge on any atom is -0.448 e. The van der Waals surface area contributed by atoms with Gasteiger partial charge < -0.3 is 10.2 Å². The molecule has 0 radical (unpaired) electrons. The predicted molar refractivity (Wildman–Crippen MR) is 32.1 cm³/mol. The van der Waals surface area contributed by atoms with Crippen LogP contribution in [0.15, 0.2) is 17.0 Å². The summed E-state index contributed by atoms with van der Waals surface area (Å²) in [6, 6.07) is 0. The highest BCUT2D eigenvalue weighted by atomic mass is 16.3. The molecule has 0 aliphatic rings. The maximum atomic E-state index is 6.86. The zero-order valence-electron chi connectivity index (χ0n) is 4.79. The first kappa shape index (κ1) is 5.81. The molecule has 0 aliphatic heterocycles. The van der Waals surface area contributed by atoms with Crippen LogP contribution in [0.3, 0.4) is 0 Å². The molecule has 3 N–H and O–H groups in total. The summed E-state index contributed by atoms with van der Waals surface area (Å²) >= 11 is 0. The Morgan fingerprint density at radius 1 is 1.89 bits per heavy atom. The van der Waals surface area contributed by atoms with Crippen LogP contribution >= 0.6 is 0 Å². The molecular weight excluding hydrogens is 118 g/mol. The van der Waals surface area contributed by atoms with Crippen molar-refractivity contribution in [2.24, 2.45) is 5.73 Å². The van der Waals surface area contributed by atoms with E-state index in [2.05, 4.69) is 4.98 Å². The third-order valence-corrected chi connectivity index (χ3v) is 0.848. The summed E-state index contributed by atoms with van der Waals surface area (Å²) in [7, 11) is 0. The van der Waals surface area contributed by atoms with Gasteiger partial charge in [0.15, 0.2) is 6.39 Å². The molecular formula is C5H7N3O. The van der Waals surface area contributed by atoms with Crippen LogP contribution in [-0.2, 0) is 6.42 Å². The predicted octanol–water partition coefficient (Wildman–Crippen LogP) is 0.153. The smallest absolute Gasteiger partial charge is 0.180 e. The molecule has 0 amide bonds. The van der Waals surface area contributed by atoms with Crippen molar-refractivity contribution in [3.8, 4) is 0 Å². The fourth-order valence-corrected chi connectivity index (χ4v) is 0.517. The Bertz CT molecular complexity index is 192. The fraction of sp³-hybridized carbons (Fsp3) is 0.200. The number of amidine groups is 1. The van der Waals surface area contributed by atoms with Gasteiger partial charge in [-0.2, -0.15) is 0 Å². The Balaban J connectivity index is 2.58. The van der Waals surface area contributed by atoms with Crippen molar-refractivity contribution < 1.29 is 4.42 Å². The van der Waals surface area contributed by atoms with Gasteiger partial charge in [0.05, 0.1) is 18.5 Å². The van der Waals surface area contributed by atoms with Gasteiger partial charge in [-0.1, -0.05) is 0 Å². The fourth-order valence-electron chi connectivity index (χ4n) is 0.517. The summed E-state index contributed by atoms with van der Waals surface area (Å²) in [5.41, 5.74) is 5.08. The van der Waals surface area contributed by atoms with Gasteiger partial charge in [0.25, 0.3) is 0 Å². The molecule has 48 valence electrons. The van der Waals surface area contributed by atoms with Crippen LogP contribution in [0, 0.1) is 5.41 Å². The summed E-state index contributed by atoms with van der Waals surface area (Å²) in [5, 5.41) is 6.86. The lowest BCUT2D eigenvalue weighted by Gasteiger charge is -1.88. The molecule has 0 saturated carbocycles. The van der Waals surface area contributed by atoms with Crippen molar-refractivity contribution in [2.75, 3.05) is 0 Å². The average Bonchev–Trinajstić information content (AvgIpc) is 2.15. The number of nitrogens with zero attached hydrogens (tertiary/aromatic N) is 1. The Kier molecular flexibility index (Phi) is 1.48. The van der Waals surface area contributed by atoms with Gasteiger partial charge >= 0.3 is 0 Å². The highest BCUT2D eigenvalue weighted by Crippen LogP contribution is 1.95. The Hall–Kier alpha value is -1.32. The SMILES string of the molecule is N=C(N)Cc1cnco1. The molecule has 0 atom stereocenters. The van der Waals surface area contributed by atoms with Crippen LogP contribution in [0.2, 0.25) is 0 Å². The first-order valence-electron chi connectivity index (χ1n) is 2.49. The molecule has 0 saturated heterocycles. The highest BCUT2D eigenvalue weighted by Gasteiger charge is 1.95. The summed E-state index contributed by atoms with van der Waals surface area (Å²) in [6.45, 7) is 0. The van der Waals surface area contributed by atoms with Crippen molar-refractivity contribution in [2.45, 2.75) is 6.42 Å². The summed E-state index contributed by atoms with van der Waals surface area (Å²) in [5.74, 6) is 0.717. The lowest BCUT2D eigenvalue weighted by Crippen LogP contribution is -2.11. The van der Waals surface area contributed by atoms with Crippen molar-refractivity contribution in [3.05, 3.63) is 18.4 Å². The summed E-state index contributed by atoms with van der Waals surface area (Å²) < 4.78 is 4.81. The number of aromatic nitrogens is 1. The average molecular weight is 125 g/mol. The van der Waals surface area contributed by atoms with Crippen molar-refractivity contribution >= 4 is 5.84 Å². The van der Waals surface area contributed by atoms with E-state index in [0.29, 0.717) is 12.2 Å². The molecule has 0 unspecified atom stereocenters. The van der Waals surface area contributed by atoms with Crippen LogP contribution in [0.4, 0.5) is 0 Å². The number of hydrogen-bond acceptors (Lipinski definition) is 3. The standard InChI is InChI=1S/C5H7N3O/c6-5(7)1-4-2-8-3-9-4/h2-3H,1H2,(H3,6,7). The van der Waals surface area contributed by atoms with Gasteiger partial charge in [-0.05, 0) is 0 Å². The van der Waals surface area contributed by atoms with Gasteiger partial charge in [0.2, 0.25) is 0 Å². The van der Waals surface area contributed by atoms with Gasteiger partial charge in [0, 0.05) is 0 Å². The Morgan fingerprint density at radius 3 is 3.11 bits per heavy atom. The minimum absolute atomic E-state index is 0.0896. The second-order valence-corrected chi connectivity index (χ2v) is 1.67. The van der Waals surface area contributed by atoms with Crippen LogP contribution in [0.1, 0.15) is 5.76 Å². The largest absolute Gasteiger partial charge is 0.448 e. The molecule has 0 aromatic carbocycles. The van der Waals surface area contributed by atoms with E-state index in [1.165, 1.54) is 6.39 Å². The Morgan fingerprint density at radius 2 is 2.67 bits per heavy atom. The normalized spacial score (nSPS) is 9.33. The van der Waals surface area contributed by atoms with Crippen LogP contribution in [0.25, 0.3) is 0 Å². The van der Waals surface area contributed by atoms with E-state index in [1.54, 1.807) is 6.20 Å². The highest BCUT2D eigenvalue weighted by molar-refractivity contribution is 5.78. The molecule has 1 rings (SSSR count). The van der Waals surface area contributed by atoms with Gasteiger partial charge in [0.1, 0.15) is 5.76 Å². The molecule has 4 nitrogen and oxygen atoms in total.